The Kier molecular flexibility index (Phi) is 3.93. The first kappa shape index (κ1) is 14.3. The Morgan fingerprint density at radius 1 is 1.55 bits per heavy atom. The highest BCUT2D eigenvalue weighted by atomic mass is 16.4. The monoisotopic (exact) mass is 282 g/mol. The SMILES string of the molecule is CN(Cc1cnn(C)c1)C(=O)N1C[C@H](O)C[C@@H]1C(=O)O. The predicted molar refractivity (Wildman–Crippen MR) is 68.8 cm³/mol. The third-order valence-electron chi connectivity index (χ3n) is 3.31. The van der Waals surface area contributed by atoms with E-state index in [0.29, 0.717) is 6.54 Å². The van der Waals surface area contributed by atoms with E-state index in [1.54, 1.807) is 31.2 Å². The molecule has 1 aliphatic heterocycles. The smallest absolute Gasteiger partial charge is 0.326 e. The molecule has 2 N–H and O–H groups in total. The number of aryl methyl sites for hydroxylation is 1. The highest BCUT2D eigenvalue weighted by Crippen LogP contribution is 2.20. The Balaban J connectivity index is 2.04. The summed E-state index contributed by atoms with van der Waals surface area (Å²) >= 11 is 0. The second-order valence-electron chi connectivity index (χ2n) is 5.06. The maximum Gasteiger partial charge on any atom is 0.326 e. The minimum Gasteiger partial charge on any atom is -0.480 e. The number of urea groups is 1. The molecule has 0 bridgehead atoms. The zero-order valence-electron chi connectivity index (χ0n) is 11.4. The molecule has 1 aromatic rings. The number of carbonyl (C=O) groups excluding carboxylic acids is 1. The van der Waals surface area contributed by atoms with Gasteiger partial charge in [-0.15, -0.1) is 0 Å². The van der Waals surface area contributed by atoms with E-state index in [-0.39, 0.29) is 13.0 Å². The van der Waals surface area contributed by atoms with Crippen LogP contribution in [-0.4, -0.2) is 67.5 Å². The number of nitrogens with zero attached hydrogens (tertiary/aromatic N) is 4. The van der Waals surface area contributed by atoms with E-state index < -0.39 is 24.1 Å². The molecule has 2 atom stereocenters. The van der Waals surface area contributed by atoms with Crippen molar-refractivity contribution >= 4 is 12.0 Å². The number of carbonyl (C=O) groups is 2. The molecule has 0 spiro atoms. The molecule has 110 valence electrons. The minimum absolute atomic E-state index is 0.0488. The molecule has 8 heteroatoms. The molecule has 20 heavy (non-hydrogen) atoms. The number of aliphatic hydroxyl groups excluding tert-OH is 1. The summed E-state index contributed by atoms with van der Waals surface area (Å²) in [6, 6.07) is -1.37. The average molecular weight is 282 g/mol. The second-order valence-corrected chi connectivity index (χ2v) is 5.06. The Bertz CT molecular complexity index is 515. The van der Waals surface area contributed by atoms with Gasteiger partial charge in [-0.05, 0) is 0 Å². The van der Waals surface area contributed by atoms with Crippen molar-refractivity contribution in [2.24, 2.45) is 7.05 Å². The summed E-state index contributed by atoms with van der Waals surface area (Å²) in [5, 5.41) is 22.7. The van der Waals surface area contributed by atoms with Crippen molar-refractivity contribution in [2.45, 2.75) is 25.1 Å². The maximum absolute atomic E-state index is 12.3. The van der Waals surface area contributed by atoms with Gasteiger partial charge in [-0.25, -0.2) is 9.59 Å². The van der Waals surface area contributed by atoms with E-state index in [1.807, 2.05) is 0 Å². The first-order valence-electron chi connectivity index (χ1n) is 6.28. The van der Waals surface area contributed by atoms with Gasteiger partial charge in [0.2, 0.25) is 0 Å². The van der Waals surface area contributed by atoms with Gasteiger partial charge in [-0.1, -0.05) is 0 Å². The van der Waals surface area contributed by atoms with E-state index >= 15 is 0 Å². The van der Waals surface area contributed by atoms with Crippen LogP contribution in [0, 0.1) is 0 Å². The Labute approximate surface area is 116 Å². The third-order valence-corrected chi connectivity index (χ3v) is 3.31. The molecule has 2 heterocycles. The van der Waals surface area contributed by atoms with Crippen molar-refractivity contribution in [2.75, 3.05) is 13.6 Å². The van der Waals surface area contributed by atoms with Crippen molar-refractivity contribution in [3.05, 3.63) is 18.0 Å². The first-order chi connectivity index (χ1) is 9.38. The van der Waals surface area contributed by atoms with E-state index in [9.17, 15) is 14.7 Å². The van der Waals surface area contributed by atoms with Gasteiger partial charge in [0.25, 0.3) is 0 Å². The van der Waals surface area contributed by atoms with Crippen molar-refractivity contribution in [3.8, 4) is 0 Å². The van der Waals surface area contributed by atoms with Crippen LogP contribution in [0.5, 0.6) is 0 Å². The molecule has 1 saturated heterocycles. The van der Waals surface area contributed by atoms with Crippen LogP contribution in [0.3, 0.4) is 0 Å². The maximum atomic E-state index is 12.3. The summed E-state index contributed by atoms with van der Waals surface area (Å²) in [5.74, 6) is -1.09. The van der Waals surface area contributed by atoms with E-state index in [2.05, 4.69) is 5.10 Å². The number of rotatable bonds is 3. The summed E-state index contributed by atoms with van der Waals surface area (Å²) in [4.78, 5) is 26.0. The summed E-state index contributed by atoms with van der Waals surface area (Å²) in [6.07, 6.45) is 2.72. The molecule has 8 nitrogen and oxygen atoms in total. The van der Waals surface area contributed by atoms with Gasteiger partial charge >= 0.3 is 12.0 Å². The molecule has 1 aliphatic rings. The molecule has 0 radical (unpaired) electrons. The number of carboxylic acid groups (broad SMARTS) is 1. The molecule has 0 saturated carbocycles. The molecule has 2 amide bonds. The van der Waals surface area contributed by atoms with Crippen molar-refractivity contribution in [1.29, 1.82) is 0 Å². The second kappa shape index (κ2) is 5.49. The predicted octanol–water partition coefficient (Wildman–Crippen LogP) is -0.508. The van der Waals surface area contributed by atoms with Crippen LogP contribution in [0.15, 0.2) is 12.4 Å². The highest BCUT2D eigenvalue weighted by molar-refractivity contribution is 5.83. The van der Waals surface area contributed by atoms with Crippen LogP contribution in [0.1, 0.15) is 12.0 Å². The Hall–Kier alpha value is -2.09. The van der Waals surface area contributed by atoms with Gasteiger partial charge in [0.15, 0.2) is 0 Å². The fraction of sp³-hybridized carbons (Fsp3) is 0.583. The summed E-state index contributed by atoms with van der Waals surface area (Å²) < 4.78 is 1.63. The number of aliphatic carboxylic acids is 1. The summed E-state index contributed by atoms with van der Waals surface area (Å²) in [5.41, 5.74) is 0.856. The normalized spacial score (nSPS) is 22.1. The molecule has 1 aromatic heterocycles. The fourth-order valence-corrected chi connectivity index (χ4v) is 2.37. The lowest BCUT2D eigenvalue weighted by molar-refractivity contribution is -0.141. The lowest BCUT2D eigenvalue weighted by Crippen LogP contribution is -2.46. The Morgan fingerprint density at radius 3 is 2.80 bits per heavy atom. The number of carboxylic acids is 1. The molecule has 0 unspecified atom stereocenters. The first-order valence-corrected chi connectivity index (χ1v) is 6.28. The average Bonchev–Trinajstić information content (AvgIpc) is 2.94. The minimum atomic E-state index is -1.09. The zero-order chi connectivity index (χ0) is 14.9. The topological polar surface area (TPSA) is 98.9 Å². The number of likely N-dealkylation sites (tertiary alicyclic amines) is 1. The number of amides is 2. The van der Waals surface area contributed by atoms with E-state index in [0.717, 1.165) is 5.56 Å². The third kappa shape index (κ3) is 2.90. The lowest BCUT2D eigenvalue weighted by atomic mass is 10.2. The lowest BCUT2D eigenvalue weighted by Gasteiger charge is -2.27. The standard InChI is InChI=1S/C12H18N4O4/c1-14(5-8-4-13-15(2)6-8)12(20)16-7-9(17)3-10(16)11(18)19/h4,6,9-10,17H,3,5,7H2,1-2H3,(H,18,19)/t9-,10-/m1/s1. The highest BCUT2D eigenvalue weighted by Gasteiger charge is 2.40. The summed E-state index contributed by atoms with van der Waals surface area (Å²) in [7, 11) is 3.38. The van der Waals surface area contributed by atoms with Gasteiger partial charge in [0.05, 0.1) is 18.8 Å². The number of β-amino-alcohol motifs (C(OH)–C–C–N with tert-alkyl or cyclic N) is 1. The largest absolute Gasteiger partial charge is 0.480 e. The van der Waals surface area contributed by atoms with Crippen molar-refractivity contribution < 1.29 is 19.8 Å². The van der Waals surface area contributed by atoms with E-state index in [4.69, 9.17) is 5.11 Å². The molecule has 0 aromatic carbocycles. The number of aromatic nitrogens is 2. The van der Waals surface area contributed by atoms with Crippen LogP contribution in [0.2, 0.25) is 0 Å². The molecular formula is C12H18N4O4. The summed E-state index contributed by atoms with van der Waals surface area (Å²) in [6.45, 7) is 0.388. The molecule has 2 rings (SSSR count). The van der Waals surface area contributed by atoms with Crippen LogP contribution in [-0.2, 0) is 18.4 Å². The molecule has 0 aliphatic carbocycles. The number of hydrogen-bond donors (Lipinski definition) is 2. The van der Waals surface area contributed by atoms with Gasteiger partial charge in [-0.3, -0.25) is 4.68 Å². The van der Waals surface area contributed by atoms with Crippen LogP contribution < -0.4 is 0 Å². The number of aliphatic hydroxyl groups is 1. The van der Waals surface area contributed by atoms with Crippen molar-refractivity contribution in [3.63, 3.8) is 0 Å². The Morgan fingerprint density at radius 2 is 2.25 bits per heavy atom. The molecule has 1 fully saturated rings. The van der Waals surface area contributed by atoms with Crippen LogP contribution in [0.25, 0.3) is 0 Å². The fourth-order valence-electron chi connectivity index (χ4n) is 2.37. The van der Waals surface area contributed by atoms with Gasteiger partial charge < -0.3 is 20.0 Å². The van der Waals surface area contributed by atoms with Crippen molar-refractivity contribution in [1.82, 2.24) is 19.6 Å². The molecular weight excluding hydrogens is 264 g/mol. The van der Waals surface area contributed by atoms with Gasteiger partial charge in [0, 0.05) is 38.8 Å². The van der Waals surface area contributed by atoms with E-state index in [1.165, 1.54) is 9.80 Å². The number of hydrogen-bond acceptors (Lipinski definition) is 4. The van der Waals surface area contributed by atoms with Crippen LogP contribution in [0.4, 0.5) is 4.79 Å². The van der Waals surface area contributed by atoms with Gasteiger partial charge in [0.1, 0.15) is 6.04 Å². The van der Waals surface area contributed by atoms with Gasteiger partial charge in [-0.2, -0.15) is 5.10 Å². The van der Waals surface area contributed by atoms with Crippen LogP contribution >= 0.6 is 0 Å². The quantitative estimate of drug-likeness (QED) is 0.778. The zero-order valence-corrected chi connectivity index (χ0v) is 11.4.